The molecule has 0 saturated carbocycles. The molecule has 0 aliphatic rings. The third-order valence-electron chi connectivity index (χ3n) is 5.16. The minimum absolute atomic E-state index is 0.0170. The molecule has 0 aliphatic heterocycles. The Kier molecular flexibility index (Phi) is 13.9. The van der Waals surface area contributed by atoms with Crippen molar-refractivity contribution in [1.82, 2.24) is 0 Å². The van der Waals surface area contributed by atoms with Crippen molar-refractivity contribution in [2.24, 2.45) is 5.41 Å². The van der Waals surface area contributed by atoms with E-state index >= 15 is 0 Å². The van der Waals surface area contributed by atoms with Gasteiger partial charge in [0.25, 0.3) is 0 Å². The van der Waals surface area contributed by atoms with Crippen molar-refractivity contribution in [2.75, 3.05) is 39.6 Å². The highest BCUT2D eigenvalue weighted by Crippen LogP contribution is 2.29. The molecule has 0 aliphatic carbocycles. The molecule has 6 nitrogen and oxygen atoms in total. The predicted octanol–water partition coefficient (Wildman–Crippen LogP) is 4.61. The van der Waals surface area contributed by atoms with Crippen LogP contribution in [0.3, 0.4) is 0 Å². The van der Waals surface area contributed by atoms with E-state index in [2.05, 4.69) is 20.8 Å². The number of hydrogen-bond acceptors (Lipinski definition) is 6. The van der Waals surface area contributed by atoms with Crippen LogP contribution in [0.2, 0.25) is 0 Å². The van der Waals surface area contributed by atoms with Gasteiger partial charge in [0.05, 0.1) is 62.5 Å². The van der Waals surface area contributed by atoms with Gasteiger partial charge in [0.1, 0.15) is 0 Å². The molecule has 0 saturated heterocycles. The van der Waals surface area contributed by atoms with Crippen LogP contribution in [0.4, 0.5) is 0 Å². The summed E-state index contributed by atoms with van der Waals surface area (Å²) >= 11 is 0. The Balaban J connectivity index is 5.05. The van der Waals surface area contributed by atoms with Gasteiger partial charge < -0.3 is 28.8 Å². The number of aliphatic hydroxyl groups excluding tert-OH is 1. The Morgan fingerprint density at radius 1 is 0.733 bits per heavy atom. The molecule has 0 aromatic heterocycles. The summed E-state index contributed by atoms with van der Waals surface area (Å²) in [5, 5.41) is 9.59. The second-order valence-electron chi connectivity index (χ2n) is 10.3. The Bertz CT molecular complexity index is 435. The minimum Gasteiger partial charge on any atom is -0.393 e. The summed E-state index contributed by atoms with van der Waals surface area (Å²) in [5.41, 5.74) is -1.23. The molecule has 0 amide bonds. The van der Waals surface area contributed by atoms with E-state index in [0.717, 1.165) is 12.8 Å². The van der Waals surface area contributed by atoms with Crippen molar-refractivity contribution in [2.45, 2.75) is 112 Å². The summed E-state index contributed by atoms with van der Waals surface area (Å²) in [6.07, 6.45) is 2.03. The van der Waals surface area contributed by atoms with Crippen LogP contribution < -0.4 is 0 Å². The van der Waals surface area contributed by atoms with E-state index in [4.69, 9.17) is 23.7 Å². The third-order valence-corrected chi connectivity index (χ3v) is 5.16. The summed E-state index contributed by atoms with van der Waals surface area (Å²) in [5.74, 6) is 0. The van der Waals surface area contributed by atoms with Crippen LogP contribution in [-0.4, -0.2) is 74.3 Å². The maximum Gasteiger partial charge on any atom is 0.0856 e. The second-order valence-corrected chi connectivity index (χ2v) is 10.3. The van der Waals surface area contributed by atoms with Crippen LogP contribution in [0.5, 0.6) is 0 Å². The average molecular weight is 435 g/mol. The van der Waals surface area contributed by atoms with E-state index in [1.165, 1.54) is 0 Å². The fourth-order valence-electron chi connectivity index (χ4n) is 2.48. The molecule has 0 fully saturated rings. The number of hydrogen-bond donors (Lipinski definition) is 1. The lowest BCUT2D eigenvalue weighted by Crippen LogP contribution is -2.44. The lowest BCUT2D eigenvalue weighted by molar-refractivity contribution is -0.159. The van der Waals surface area contributed by atoms with Gasteiger partial charge >= 0.3 is 0 Å². The van der Waals surface area contributed by atoms with Gasteiger partial charge in [-0.25, -0.2) is 0 Å². The quantitative estimate of drug-likeness (QED) is 0.340. The summed E-state index contributed by atoms with van der Waals surface area (Å²) in [6.45, 7) is 22.9. The number of ether oxygens (including phenoxy) is 5. The topological polar surface area (TPSA) is 66.4 Å². The Labute approximate surface area is 185 Å². The molecule has 182 valence electrons. The molecule has 2 atom stereocenters. The molecule has 0 aromatic rings. The van der Waals surface area contributed by atoms with E-state index in [9.17, 15) is 5.11 Å². The van der Waals surface area contributed by atoms with Crippen LogP contribution >= 0.6 is 0 Å². The van der Waals surface area contributed by atoms with Crippen molar-refractivity contribution in [3.63, 3.8) is 0 Å². The van der Waals surface area contributed by atoms with Crippen molar-refractivity contribution >= 4 is 0 Å². The molecule has 1 N–H and O–H groups in total. The van der Waals surface area contributed by atoms with Crippen LogP contribution in [0.1, 0.15) is 82.1 Å². The molecule has 0 heterocycles. The zero-order chi connectivity index (χ0) is 23.4. The average Bonchev–Trinajstić information content (AvgIpc) is 2.65. The highest BCUT2D eigenvalue weighted by atomic mass is 16.5. The summed E-state index contributed by atoms with van der Waals surface area (Å²) in [4.78, 5) is 0. The summed E-state index contributed by atoms with van der Waals surface area (Å²) in [6, 6.07) is 0. The Morgan fingerprint density at radius 2 is 1.27 bits per heavy atom. The fraction of sp³-hybridized carbons (Fsp3) is 1.00. The van der Waals surface area contributed by atoms with Gasteiger partial charge in [0, 0.05) is 12.0 Å². The minimum atomic E-state index is -0.604. The van der Waals surface area contributed by atoms with Gasteiger partial charge in [-0.3, -0.25) is 0 Å². The number of aliphatic hydroxyl groups is 1. The molecule has 30 heavy (non-hydrogen) atoms. The maximum atomic E-state index is 9.59. The highest BCUT2D eigenvalue weighted by Gasteiger charge is 2.35. The first kappa shape index (κ1) is 29.8. The van der Waals surface area contributed by atoms with Crippen molar-refractivity contribution in [1.29, 1.82) is 0 Å². The first-order valence-corrected chi connectivity index (χ1v) is 11.5. The van der Waals surface area contributed by atoms with Crippen molar-refractivity contribution < 1.29 is 28.8 Å². The van der Waals surface area contributed by atoms with Crippen LogP contribution in [0.25, 0.3) is 0 Å². The molecule has 0 rings (SSSR count). The van der Waals surface area contributed by atoms with Gasteiger partial charge in [-0.15, -0.1) is 0 Å². The first-order chi connectivity index (χ1) is 13.8. The highest BCUT2D eigenvalue weighted by molar-refractivity contribution is 4.82. The van der Waals surface area contributed by atoms with E-state index in [1.54, 1.807) is 0 Å². The standard InChI is InChI=1S/C24H50O6/c1-11-24(18-30-23(9,10)15-25,16-28-21(6)14-27-20(4)5)17-29-22(7,8)12-13-26-19(2)3/h19-21,25H,11-18H2,1-10H3. The molecular weight excluding hydrogens is 384 g/mol. The molecule has 2 unspecified atom stereocenters. The van der Waals surface area contributed by atoms with Gasteiger partial charge in [-0.2, -0.15) is 0 Å². The lowest BCUT2D eigenvalue weighted by Gasteiger charge is -2.39. The summed E-state index contributed by atoms with van der Waals surface area (Å²) in [7, 11) is 0. The maximum absolute atomic E-state index is 9.59. The van der Waals surface area contributed by atoms with Gasteiger partial charge in [0.15, 0.2) is 0 Å². The van der Waals surface area contributed by atoms with E-state index in [-0.39, 0.29) is 35.9 Å². The predicted molar refractivity (Wildman–Crippen MR) is 122 cm³/mol. The first-order valence-electron chi connectivity index (χ1n) is 11.5. The SMILES string of the molecule is CCC(COC(C)COC(C)C)(COC(C)(C)CO)COC(C)(C)CCOC(C)C. The third kappa shape index (κ3) is 13.9. The Hall–Kier alpha value is -0.240. The van der Waals surface area contributed by atoms with E-state index < -0.39 is 5.60 Å². The van der Waals surface area contributed by atoms with Crippen molar-refractivity contribution in [3.05, 3.63) is 0 Å². The Morgan fingerprint density at radius 3 is 1.73 bits per heavy atom. The molecule has 0 spiro atoms. The van der Waals surface area contributed by atoms with Crippen molar-refractivity contribution in [3.8, 4) is 0 Å². The van der Waals surface area contributed by atoms with Crippen LogP contribution in [0.15, 0.2) is 0 Å². The second kappa shape index (κ2) is 14.0. The molecule has 6 heteroatoms. The zero-order valence-electron chi connectivity index (χ0n) is 21.4. The van der Waals surface area contributed by atoms with Gasteiger partial charge in [-0.05, 0) is 75.2 Å². The van der Waals surface area contributed by atoms with Gasteiger partial charge in [-0.1, -0.05) is 6.92 Å². The summed E-state index contributed by atoms with van der Waals surface area (Å²) < 4.78 is 30.0. The van der Waals surface area contributed by atoms with Crippen LogP contribution in [-0.2, 0) is 23.7 Å². The normalized spacial score (nSPS) is 16.3. The molecule has 0 bridgehead atoms. The largest absolute Gasteiger partial charge is 0.393 e. The zero-order valence-corrected chi connectivity index (χ0v) is 21.4. The number of rotatable bonds is 18. The van der Waals surface area contributed by atoms with Crippen LogP contribution in [0, 0.1) is 5.41 Å². The van der Waals surface area contributed by atoms with E-state index in [1.807, 2.05) is 48.5 Å². The monoisotopic (exact) mass is 434 g/mol. The molecule has 0 radical (unpaired) electrons. The smallest absolute Gasteiger partial charge is 0.0856 e. The van der Waals surface area contributed by atoms with E-state index in [0.29, 0.717) is 33.0 Å². The fourth-order valence-corrected chi connectivity index (χ4v) is 2.48. The molecule has 0 aromatic carbocycles. The van der Waals surface area contributed by atoms with Gasteiger partial charge in [0.2, 0.25) is 0 Å². The molecular formula is C24H50O6. The lowest BCUT2D eigenvalue weighted by atomic mass is 9.87.